The number of rotatable bonds is 39. The quantitative estimate of drug-likeness (QED) is 0.0133. The Hall–Kier alpha value is -11.1. The predicted molar refractivity (Wildman–Crippen MR) is 456 cm³/mol. The zero-order valence-corrected chi connectivity index (χ0v) is 66.1. The Bertz CT molecular complexity index is 3100. The summed E-state index contributed by atoms with van der Waals surface area (Å²) in [7, 11) is 5.45. The molecule has 0 spiro atoms. The van der Waals surface area contributed by atoms with Crippen molar-refractivity contribution in [1.82, 2.24) is 0 Å². The van der Waals surface area contributed by atoms with E-state index in [1.165, 1.54) is 5.71 Å². The summed E-state index contributed by atoms with van der Waals surface area (Å²) in [5.74, 6) is 89.7. The van der Waals surface area contributed by atoms with E-state index in [-0.39, 0.29) is 0 Å². The van der Waals surface area contributed by atoms with Gasteiger partial charge < -0.3 is 105 Å². The van der Waals surface area contributed by atoms with E-state index in [4.69, 9.17) is 105 Å². The number of nitrogens with two attached hydrogens (primary N) is 17. The lowest BCUT2D eigenvalue weighted by molar-refractivity contribution is 0.861. The minimum atomic E-state index is 0.531. The van der Waals surface area contributed by atoms with Gasteiger partial charge in [-0.05, 0) is 208 Å². The van der Waals surface area contributed by atoms with E-state index < -0.39 is 0 Å². The summed E-state index contributed by atoms with van der Waals surface area (Å²) in [5.41, 5.74) is 25.7. The van der Waals surface area contributed by atoms with Crippen LogP contribution in [0, 0.1) is 5.53 Å². The second kappa shape index (κ2) is 72.3. The number of nitrogens with zero attached hydrogens (tertiary/aromatic N) is 20. The van der Waals surface area contributed by atoms with Crippen molar-refractivity contribution in [3.8, 4) is 0 Å². The van der Waals surface area contributed by atoms with E-state index in [9.17, 15) is 0 Å². The number of anilines is 1. The molecule has 36 N–H and O–H groups in total. The van der Waals surface area contributed by atoms with Crippen LogP contribution in [0.3, 0.4) is 0 Å². The van der Waals surface area contributed by atoms with Gasteiger partial charge in [-0.1, -0.05) is 27.2 Å². The fourth-order valence-corrected chi connectivity index (χ4v) is 8.98. The molecule has 1 aliphatic rings. The third-order valence-corrected chi connectivity index (χ3v) is 15.8. The fraction of sp³-hybridized carbons (Fsp3) is 0.627. The summed E-state index contributed by atoms with van der Waals surface area (Å²) in [4.78, 5) is 8.08. The van der Waals surface area contributed by atoms with Crippen molar-refractivity contribution in [2.75, 3.05) is 26.5 Å². The number of aliphatic imine (C=N–C) groups is 2. The van der Waals surface area contributed by atoms with Gasteiger partial charge in [0.05, 0.1) is 5.69 Å². The first kappa shape index (κ1) is 104. The van der Waals surface area contributed by atoms with Crippen LogP contribution in [-0.4, -0.2) is 130 Å². The molecule has 0 heterocycles. The summed E-state index contributed by atoms with van der Waals surface area (Å²) in [6, 6.07) is 7.35. The molecule has 0 radical (unpaired) electrons. The highest BCUT2D eigenvalue weighted by Gasteiger charge is 2.14. The van der Waals surface area contributed by atoms with Crippen LogP contribution in [0.25, 0.3) is 0 Å². The van der Waals surface area contributed by atoms with Gasteiger partial charge in [-0.2, -0.15) is 91.8 Å². The number of hydrazone groups is 17. The van der Waals surface area contributed by atoms with Gasteiger partial charge in [-0.15, -0.1) is 0 Å². The second-order valence-corrected chi connectivity index (χ2v) is 24.1. The van der Waals surface area contributed by atoms with E-state index >= 15 is 0 Å². The summed E-state index contributed by atoms with van der Waals surface area (Å²) in [6.45, 7) is 19.2. The Morgan fingerprint density at radius 2 is 0.651 bits per heavy atom. The minimum Gasteiger partial charge on any atom is -0.388 e. The lowest BCUT2D eigenvalue weighted by Gasteiger charge is -2.13. The Morgan fingerprint density at radius 3 is 0.943 bits per heavy atom. The first-order valence-corrected chi connectivity index (χ1v) is 35.1. The highest BCUT2D eigenvalue weighted by atomic mass is 15.2. The molecule has 0 aromatic heterocycles. The molecule has 106 heavy (non-hydrogen) atoms. The fourth-order valence-electron chi connectivity index (χ4n) is 8.98. The van der Waals surface area contributed by atoms with Crippen LogP contribution in [-0.2, 0) is 0 Å². The molecule has 600 valence electrons. The van der Waals surface area contributed by atoms with Crippen LogP contribution in [0.1, 0.15) is 255 Å². The molecule has 39 nitrogen and oxygen atoms in total. The molecular weight excluding hydrogens is 1350 g/mol. The summed E-state index contributed by atoms with van der Waals surface area (Å²) < 4.78 is 0. The van der Waals surface area contributed by atoms with Crippen molar-refractivity contribution >= 4 is 120 Å². The average Bonchev–Trinajstić information content (AvgIpc) is 0.942. The van der Waals surface area contributed by atoms with E-state index in [2.05, 4.69) is 114 Å². The Morgan fingerprint density at radius 1 is 0.340 bits per heavy atom. The van der Waals surface area contributed by atoms with Crippen LogP contribution >= 0.6 is 0 Å². The van der Waals surface area contributed by atoms with Crippen molar-refractivity contribution < 1.29 is 0 Å². The molecule has 0 bridgehead atoms. The molecule has 1 saturated carbocycles. The highest BCUT2D eigenvalue weighted by molar-refractivity contribution is 6.09. The largest absolute Gasteiger partial charge is 0.388 e. The van der Waals surface area contributed by atoms with E-state index in [1.807, 2.05) is 88.5 Å². The lowest BCUT2D eigenvalue weighted by Crippen LogP contribution is -2.15. The Labute approximate surface area is 630 Å². The molecule has 0 amide bonds. The molecule has 0 unspecified atom stereocenters. The molecule has 0 saturated heterocycles. The SMILES string of the molecule is C/C(CC/C(C/C(CCC/C(C/C(C)=N\N)=N\N)=N\N)=N\N)=N/N.CC/C(C/C(CCC/C(C/C(C)=N\N)=N\N)=N\N)=N\N.CC/C(CC/C(C)=N\N)=N\N.CCC/C(CCC/C(C/C(CC/C(C)=N\N)=N/N)=N/N)=N/N.CN=C(C)C/C(C)=N\N.CN=C1CCC/C(=N\N)C1.CNc1ccc(N=N)cc1. The Balaban J connectivity index is -0.000000386. The summed E-state index contributed by atoms with van der Waals surface area (Å²) in [6.07, 6.45) is 23.2. The van der Waals surface area contributed by atoms with E-state index in [1.54, 1.807) is 19.2 Å². The van der Waals surface area contributed by atoms with Crippen molar-refractivity contribution in [2.24, 2.45) is 201 Å². The number of benzene rings is 1. The third-order valence-electron chi connectivity index (χ3n) is 15.8. The maximum atomic E-state index is 6.68. The zero-order chi connectivity index (χ0) is 81.3. The summed E-state index contributed by atoms with van der Waals surface area (Å²) >= 11 is 0. The Kier molecular flexibility index (Phi) is 70.7. The number of hydrogen-bond acceptors (Lipinski definition) is 39. The molecule has 1 aliphatic carbocycles. The van der Waals surface area contributed by atoms with Crippen LogP contribution in [0.2, 0.25) is 0 Å². The van der Waals surface area contributed by atoms with Crippen LogP contribution in [0.5, 0.6) is 0 Å². The van der Waals surface area contributed by atoms with Gasteiger partial charge in [0.2, 0.25) is 0 Å². The van der Waals surface area contributed by atoms with Gasteiger partial charge in [-0.25, -0.2) is 5.53 Å². The standard InChI is InChI=1S/C14H30N10.C14H30N8.C12H26N8.C7H16N4.C7H9N3.C7H13N3.C6H13N3/c1-10(20-15)6-7-14(24-19)9-13(23-18)5-3-4-12(22-17)8-11(2)21-16;1-3-5-12(20-16)6-4-7-13(21-17)10-14(22-18)9-8-11(2)19-15;1-3-10(18-14)8-12(20-16)6-4-5-11(19-15)7-9(2)17-13;1-3-7(11-9)5-4-6(2)10-8;1-9-6-2-4-7(10-8)5-3-6;1-9-6-3-2-4-7(5-6)10-8;1-5(8-3)4-6(2)9-7/h3-9,15-19H2,1-2H3;3-10,15-18H2,1-2H3;3-8,13-16H2,1-2H3;3-5,8-9H2,1-2H3;2-5,8-9H,1H3;2-5,8H2,1H3;4,7H2,1-3H3/b20-10-,21-11-,22-12+,23-13-,24-14+;19-11-,20-12-,21-13-,22-14+;17-9-,18-10+,19-11+,20-12-;10-6-,11-7+;;9-6?,10-7+;8-5?,9-6-. The highest BCUT2D eigenvalue weighted by Crippen LogP contribution is 2.16. The molecular formula is C67H137N39. The number of hydrogen-bond donors (Lipinski definition) is 19. The molecule has 0 atom stereocenters. The third kappa shape index (κ3) is 59.5. The molecule has 1 aromatic carbocycles. The van der Waals surface area contributed by atoms with Crippen molar-refractivity contribution in [3.05, 3.63) is 24.3 Å². The normalized spacial score (nSPS) is 15.2. The van der Waals surface area contributed by atoms with Gasteiger partial charge in [0.1, 0.15) is 0 Å². The second-order valence-electron chi connectivity index (χ2n) is 24.1. The first-order valence-electron chi connectivity index (χ1n) is 35.1. The van der Waals surface area contributed by atoms with E-state index in [0.717, 1.165) is 237 Å². The van der Waals surface area contributed by atoms with Crippen LogP contribution in [0.15, 0.2) is 126 Å². The predicted octanol–water partition coefficient (Wildman–Crippen LogP) is 7.33. The minimum absolute atomic E-state index is 0.531. The lowest BCUT2D eigenvalue weighted by atomic mass is 9.96. The van der Waals surface area contributed by atoms with Gasteiger partial charge in [0, 0.05) is 180 Å². The maximum absolute atomic E-state index is 6.68. The average molecular weight is 1490 g/mol. The van der Waals surface area contributed by atoms with Crippen molar-refractivity contribution in [2.45, 2.75) is 255 Å². The summed E-state index contributed by atoms with van der Waals surface area (Å²) in [5, 5.41) is 69.2. The van der Waals surface area contributed by atoms with Gasteiger partial charge in [0.25, 0.3) is 0 Å². The van der Waals surface area contributed by atoms with E-state index in [0.29, 0.717) is 63.5 Å². The van der Waals surface area contributed by atoms with Crippen LogP contribution in [0.4, 0.5) is 11.4 Å². The first-order chi connectivity index (χ1) is 50.9. The van der Waals surface area contributed by atoms with Crippen molar-refractivity contribution in [1.29, 1.82) is 5.53 Å². The monoisotopic (exact) mass is 1490 g/mol. The van der Waals surface area contributed by atoms with Gasteiger partial charge >= 0.3 is 0 Å². The molecule has 1 aromatic rings. The van der Waals surface area contributed by atoms with Gasteiger partial charge in [0.15, 0.2) is 0 Å². The van der Waals surface area contributed by atoms with Crippen molar-refractivity contribution in [3.63, 3.8) is 0 Å². The zero-order valence-electron chi connectivity index (χ0n) is 66.1. The van der Waals surface area contributed by atoms with Gasteiger partial charge in [-0.3, -0.25) is 9.98 Å². The molecule has 39 heteroatoms. The molecule has 2 rings (SSSR count). The number of nitrogens with one attached hydrogen (secondary N) is 2. The van der Waals surface area contributed by atoms with Crippen LogP contribution < -0.4 is 105 Å². The smallest absolute Gasteiger partial charge is 0.0851 e. The topological polar surface area (TPSA) is 725 Å². The molecule has 0 aliphatic heterocycles. The maximum Gasteiger partial charge on any atom is 0.0851 e. The molecule has 1 fully saturated rings.